The van der Waals surface area contributed by atoms with E-state index in [9.17, 15) is 10.1 Å². The molecule has 5 nitrogen and oxygen atoms in total. The van der Waals surface area contributed by atoms with E-state index in [0.717, 1.165) is 11.1 Å². The van der Waals surface area contributed by atoms with Crippen LogP contribution < -0.4 is 0 Å². The fraction of sp³-hybridized carbons (Fsp3) is 0.0455. The first-order valence-corrected chi connectivity index (χ1v) is 8.44. The molecule has 27 heavy (non-hydrogen) atoms. The van der Waals surface area contributed by atoms with Crippen LogP contribution in [0.5, 0.6) is 0 Å². The van der Waals surface area contributed by atoms with E-state index in [0.29, 0.717) is 5.56 Å². The predicted octanol–water partition coefficient (Wildman–Crippen LogP) is 5.40. The molecule has 0 amide bonds. The number of oxime groups is 1. The molecule has 1 atom stereocenters. The molecule has 0 spiro atoms. The molecule has 0 N–H and O–H groups in total. The summed E-state index contributed by atoms with van der Waals surface area (Å²) < 4.78 is 0. The second-order valence-electron chi connectivity index (χ2n) is 5.79. The minimum absolute atomic E-state index is 0.0162. The number of nitro groups is 1. The van der Waals surface area contributed by atoms with Gasteiger partial charge in [0.05, 0.1) is 11.1 Å². The molecule has 0 saturated heterocycles. The fourth-order valence-corrected chi connectivity index (χ4v) is 2.49. The molecule has 0 fully saturated rings. The zero-order valence-electron chi connectivity index (χ0n) is 14.5. The van der Waals surface area contributed by atoms with Gasteiger partial charge in [0.1, 0.15) is 0 Å². The molecule has 0 aromatic heterocycles. The first kappa shape index (κ1) is 18.1. The van der Waals surface area contributed by atoms with Crippen LogP contribution in [0.15, 0.2) is 96.2 Å². The average molecular weight is 358 g/mol. The number of nitrogens with zero attached hydrogens (tertiary/aromatic N) is 2. The summed E-state index contributed by atoms with van der Waals surface area (Å²) in [5.41, 5.74) is 2.64. The fourth-order valence-electron chi connectivity index (χ4n) is 2.49. The smallest absolute Gasteiger partial charge is 0.270 e. The summed E-state index contributed by atoms with van der Waals surface area (Å²) in [6.07, 6.45) is 5.00. The van der Waals surface area contributed by atoms with E-state index in [-0.39, 0.29) is 11.8 Å². The molecule has 0 aliphatic rings. The molecule has 3 aromatic rings. The summed E-state index contributed by atoms with van der Waals surface area (Å²) in [5, 5.41) is 14.9. The van der Waals surface area contributed by atoms with Crippen molar-refractivity contribution in [3.63, 3.8) is 0 Å². The maximum absolute atomic E-state index is 10.9. The van der Waals surface area contributed by atoms with Crippen LogP contribution in [-0.4, -0.2) is 11.1 Å². The van der Waals surface area contributed by atoms with Gasteiger partial charge in [0.2, 0.25) is 0 Å². The molecule has 0 heterocycles. The summed E-state index contributed by atoms with van der Waals surface area (Å²) in [6.45, 7) is 0. The van der Waals surface area contributed by atoms with Gasteiger partial charge < -0.3 is 4.84 Å². The van der Waals surface area contributed by atoms with Crippen LogP contribution in [0.4, 0.5) is 5.69 Å². The number of rotatable bonds is 7. The maximum Gasteiger partial charge on any atom is 0.270 e. The lowest BCUT2D eigenvalue weighted by molar-refractivity contribution is -0.384. The first-order valence-electron chi connectivity index (χ1n) is 8.44. The Balaban J connectivity index is 1.76. The summed E-state index contributed by atoms with van der Waals surface area (Å²) >= 11 is 0. The van der Waals surface area contributed by atoms with Crippen LogP contribution in [0.2, 0.25) is 0 Å². The number of hydrogen-bond acceptors (Lipinski definition) is 4. The predicted molar refractivity (Wildman–Crippen MR) is 106 cm³/mol. The lowest BCUT2D eigenvalue weighted by atomic mass is 10.1. The number of hydrogen-bond donors (Lipinski definition) is 0. The summed E-state index contributed by atoms with van der Waals surface area (Å²) in [5.74, 6) is 0. The molecule has 134 valence electrons. The summed E-state index contributed by atoms with van der Waals surface area (Å²) in [4.78, 5) is 16.1. The van der Waals surface area contributed by atoms with E-state index in [1.807, 2.05) is 72.8 Å². The largest absolute Gasteiger partial charge is 0.383 e. The maximum atomic E-state index is 10.9. The average Bonchev–Trinajstić information content (AvgIpc) is 2.72. The first-order chi connectivity index (χ1) is 13.2. The van der Waals surface area contributed by atoms with Crippen molar-refractivity contribution in [1.29, 1.82) is 0 Å². The number of benzene rings is 3. The van der Waals surface area contributed by atoms with E-state index < -0.39 is 4.92 Å². The molecular formula is C22H18N2O3. The van der Waals surface area contributed by atoms with Crippen LogP contribution in [-0.2, 0) is 4.84 Å². The van der Waals surface area contributed by atoms with Crippen LogP contribution in [0.1, 0.15) is 22.8 Å². The quantitative estimate of drug-likeness (QED) is 0.323. The Morgan fingerprint density at radius 2 is 1.56 bits per heavy atom. The van der Waals surface area contributed by atoms with E-state index in [2.05, 4.69) is 5.16 Å². The topological polar surface area (TPSA) is 64.7 Å². The van der Waals surface area contributed by atoms with Crippen molar-refractivity contribution in [3.05, 3.63) is 118 Å². The highest BCUT2D eigenvalue weighted by atomic mass is 16.6. The lowest BCUT2D eigenvalue weighted by Crippen LogP contribution is -1.98. The molecule has 0 bridgehead atoms. The third-order valence-corrected chi connectivity index (χ3v) is 3.85. The van der Waals surface area contributed by atoms with Crippen molar-refractivity contribution >= 4 is 18.0 Å². The second kappa shape index (κ2) is 9.10. The van der Waals surface area contributed by atoms with Gasteiger partial charge in [0, 0.05) is 17.7 Å². The van der Waals surface area contributed by atoms with Crippen LogP contribution >= 0.6 is 0 Å². The van der Waals surface area contributed by atoms with Crippen molar-refractivity contribution in [2.24, 2.45) is 5.16 Å². The molecule has 5 heteroatoms. The Morgan fingerprint density at radius 1 is 0.889 bits per heavy atom. The Bertz CT molecular complexity index is 938. The van der Waals surface area contributed by atoms with E-state index >= 15 is 0 Å². The Hall–Kier alpha value is -3.73. The molecular weight excluding hydrogens is 340 g/mol. The van der Waals surface area contributed by atoms with Gasteiger partial charge in [0.15, 0.2) is 6.10 Å². The highest BCUT2D eigenvalue weighted by Gasteiger charge is 2.09. The number of non-ortho nitro benzene ring substituents is 1. The minimum Gasteiger partial charge on any atom is -0.383 e. The SMILES string of the molecule is O=[N+]([O-])c1cccc(/C=N/OC(/C=C/c2ccccc2)c2ccccc2)c1. The minimum atomic E-state index is -0.437. The molecule has 0 aliphatic carbocycles. The van der Waals surface area contributed by atoms with Gasteiger partial charge in [0.25, 0.3) is 5.69 Å². The monoisotopic (exact) mass is 358 g/mol. The zero-order chi connectivity index (χ0) is 18.9. The van der Waals surface area contributed by atoms with Gasteiger partial charge >= 0.3 is 0 Å². The van der Waals surface area contributed by atoms with Crippen molar-refractivity contribution < 1.29 is 9.76 Å². The molecule has 0 radical (unpaired) electrons. The second-order valence-corrected chi connectivity index (χ2v) is 5.79. The van der Waals surface area contributed by atoms with Crippen molar-refractivity contribution in [1.82, 2.24) is 0 Å². The Morgan fingerprint density at radius 3 is 2.26 bits per heavy atom. The van der Waals surface area contributed by atoms with Gasteiger partial charge in [-0.05, 0) is 17.2 Å². The van der Waals surface area contributed by atoms with Crippen molar-refractivity contribution in [2.45, 2.75) is 6.10 Å². The van der Waals surface area contributed by atoms with Crippen molar-refractivity contribution in [2.75, 3.05) is 0 Å². The lowest BCUT2D eigenvalue weighted by Gasteiger charge is -2.11. The van der Waals surface area contributed by atoms with Crippen LogP contribution in [0.25, 0.3) is 6.08 Å². The van der Waals surface area contributed by atoms with Crippen LogP contribution in [0, 0.1) is 10.1 Å². The van der Waals surface area contributed by atoms with Gasteiger partial charge in [-0.1, -0.05) is 84.0 Å². The number of nitro benzene ring substituents is 1. The van der Waals surface area contributed by atoms with Gasteiger partial charge in [-0.2, -0.15) is 0 Å². The highest BCUT2D eigenvalue weighted by molar-refractivity contribution is 5.80. The highest BCUT2D eigenvalue weighted by Crippen LogP contribution is 2.21. The van der Waals surface area contributed by atoms with Crippen LogP contribution in [0.3, 0.4) is 0 Å². The van der Waals surface area contributed by atoms with E-state index in [1.165, 1.54) is 18.3 Å². The molecule has 0 aliphatic heterocycles. The normalized spacial score (nSPS) is 12.3. The Kier molecular flexibility index (Phi) is 6.09. The van der Waals surface area contributed by atoms with E-state index in [4.69, 9.17) is 4.84 Å². The third kappa shape index (κ3) is 5.37. The summed E-state index contributed by atoms with van der Waals surface area (Å²) in [6, 6.07) is 25.9. The third-order valence-electron chi connectivity index (χ3n) is 3.85. The summed E-state index contributed by atoms with van der Waals surface area (Å²) in [7, 11) is 0. The molecule has 3 rings (SSSR count). The zero-order valence-corrected chi connectivity index (χ0v) is 14.5. The van der Waals surface area contributed by atoms with E-state index in [1.54, 1.807) is 12.1 Å². The van der Waals surface area contributed by atoms with Gasteiger partial charge in [-0.25, -0.2) is 0 Å². The molecule has 0 saturated carbocycles. The molecule has 3 aromatic carbocycles. The standard InChI is InChI=1S/C22H18N2O3/c25-24(26)21-13-7-10-19(16-21)17-23-27-22(20-11-5-2-6-12-20)15-14-18-8-3-1-4-9-18/h1-17,22H/b15-14+,23-17+. The van der Waals surface area contributed by atoms with Crippen molar-refractivity contribution in [3.8, 4) is 0 Å². The Labute approximate surface area is 157 Å². The van der Waals surface area contributed by atoms with Gasteiger partial charge in [-0.15, -0.1) is 0 Å². The molecule has 1 unspecified atom stereocenters. The van der Waals surface area contributed by atoms with Gasteiger partial charge in [-0.3, -0.25) is 10.1 Å².